The molecular weight excluding hydrogens is 363 g/mol. The van der Waals surface area contributed by atoms with Crippen molar-refractivity contribution in [3.05, 3.63) is 53.2 Å². The topological polar surface area (TPSA) is 74.8 Å². The van der Waals surface area contributed by atoms with Crippen LogP contribution in [-0.2, 0) is 13.2 Å². The van der Waals surface area contributed by atoms with Gasteiger partial charge in [-0.15, -0.1) is 0 Å². The van der Waals surface area contributed by atoms with E-state index in [1.807, 2.05) is 0 Å². The summed E-state index contributed by atoms with van der Waals surface area (Å²) in [5.41, 5.74) is -1.10. The Morgan fingerprint density at radius 2 is 2.04 bits per heavy atom. The van der Waals surface area contributed by atoms with Crippen molar-refractivity contribution in [1.82, 2.24) is 24.5 Å². The molecule has 0 aliphatic heterocycles. The first-order chi connectivity index (χ1) is 12.7. The van der Waals surface area contributed by atoms with Crippen molar-refractivity contribution in [1.29, 1.82) is 0 Å². The van der Waals surface area contributed by atoms with Gasteiger partial charge in [0.05, 0.1) is 23.6 Å². The van der Waals surface area contributed by atoms with Gasteiger partial charge >= 0.3 is 6.18 Å². The van der Waals surface area contributed by atoms with Gasteiger partial charge in [0, 0.05) is 12.6 Å². The summed E-state index contributed by atoms with van der Waals surface area (Å²) in [5, 5.41) is 7.91. The van der Waals surface area contributed by atoms with Gasteiger partial charge in [-0.2, -0.15) is 23.4 Å². The second kappa shape index (κ2) is 6.86. The number of rotatable bonds is 5. The molecule has 2 heterocycles. The van der Waals surface area contributed by atoms with Gasteiger partial charge in [0.2, 0.25) is 11.7 Å². The maximum absolute atomic E-state index is 13.7. The molecule has 0 saturated heterocycles. The van der Waals surface area contributed by atoms with Gasteiger partial charge in [-0.05, 0) is 32.0 Å². The number of hydrogen-bond donors (Lipinski definition) is 0. The van der Waals surface area contributed by atoms with E-state index < -0.39 is 23.1 Å². The maximum Gasteiger partial charge on any atom is 0.417 e. The minimum atomic E-state index is -4.73. The molecule has 27 heavy (non-hydrogen) atoms. The summed E-state index contributed by atoms with van der Waals surface area (Å²) in [6.45, 7) is 3.51. The normalized spacial score (nSPS) is 11.6. The van der Waals surface area contributed by atoms with Crippen LogP contribution in [0, 0.1) is 6.92 Å². The average Bonchev–Trinajstić information content (AvgIpc) is 3.22. The van der Waals surface area contributed by atoms with Crippen LogP contribution in [0.1, 0.15) is 34.1 Å². The summed E-state index contributed by atoms with van der Waals surface area (Å²) in [4.78, 5) is 16.7. The van der Waals surface area contributed by atoms with Crippen LogP contribution < -0.4 is 4.74 Å². The van der Waals surface area contributed by atoms with Crippen molar-refractivity contribution in [3.63, 3.8) is 0 Å². The van der Waals surface area contributed by atoms with Gasteiger partial charge in [0.15, 0.2) is 0 Å². The highest BCUT2D eigenvalue weighted by atomic mass is 19.4. The SMILES string of the molecule is CCOc1c(C(=O)c2ccc(-n3cncn3)cc2C(F)(F)F)c(C)nn1C. The van der Waals surface area contributed by atoms with Crippen LogP contribution in [0.5, 0.6) is 5.88 Å². The van der Waals surface area contributed by atoms with E-state index in [-0.39, 0.29) is 23.7 Å². The number of ether oxygens (including phenoxy) is 1. The number of ketones is 1. The van der Waals surface area contributed by atoms with E-state index in [1.54, 1.807) is 20.9 Å². The van der Waals surface area contributed by atoms with Gasteiger partial charge < -0.3 is 4.74 Å². The maximum atomic E-state index is 13.7. The highest BCUT2D eigenvalue weighted by molar-refractivity contribution is 6.12. The monoisotopic (exact) mass is 379 g/mol. The van der Waals surface area contributed by atoms with Crippen LogP contribution >= 0.6 is 0 Å². The zero-order chi connectivity index (χ0) is 19.8. The second-order valence-electron chi connectivity index (χ2n) is 5.72. The number of carbonyl (C=O) groups excluding carboxylic acids is 1. The average molecular weight is 379 g/mol. The second-order valence-corrected chi connectivity index (χ2v) is 5.72. The van der Waals surface area contributed by atoms with E-state index in [1.165, 1.54) is 28.1 Å². The van der Waals surface area contributed by atoms with E-state index >= 15 is 0 Å². The zero-order valence-electron chi connectivity index (χ0n) is 14.8. The molecule has 0 aliphatic rings. The number of alkyl halides is 3. The first-order valence-electron chi connectivity index (χ1n) is 8.01. The molecule has 10 heteroatoms. The summed E-state index contributed by atoms with van der Waals surface area (Å²) in [6.07, 6.45) is -2.25. The standard InChI is InChI=1S/C17H16F3N5O2/c1-4-27-16-14(10(2)23-24(16)3)15(26)12-6-5-11(25-9-21-8-22-25)7-13(12)17(18,19)20/h5-9H,4H2,1-3H3. The van der Waals surface area contributed by atoms with E-state index in [9.17, 15) is 18.0 Å². The van der Waals surface area contributed by atoms with E-state index in [0.29, 0.717) is 5.69 Å². The Hall–Kier alpha value is -3.17. The van der Waals surface area contributed by atoms with Crippen molar-refractivity contribution in [2.24, 2.45) is 7.05 Å². The molecule has 3 rings (SSSR count). The molecule has 0 radical (unpaired) electrons. The number of nitrogens with zero attached hydrogens (tertiary/aromatic N) is 5. The fourth-order valence-corrected chi connectivity index (χ4v) is 2.78. The summed E-state index contributed by atoms with van der Waals surface area (Å²) in [6, 6.07) is 3.38. The minimum Gasteiger partial charge on any atom is -0.478 e. The Balaban J connectivity index is 2.16. The van der Waals surface area contributed by atoms with Gasteiger partial charge in [0.1, 0.15) is 18.2 Å². The minimum absolute atomic E-state index is 0.0124. The number of aryl methyl sites for hydroxylation is 2. The predicted molar refractivity (Wildman–Crippen MR) is 88.9 cm³/mol. The highest BCUT2D eigenvalue weighted by Crippen LogP contribution is 2.36. The molecule has 0 amide bonds. The molecule has 0 aliphatic carbocycles. The van der Waals surface area contributed by atoms with Gasteiger partial charge in [0.25, 0.3) is 0 Å². The van der Waals surface area contributed by atoms with E-state index in [0.717, 1.165) is 12.1 Å². The van der Waals surface area contributed by atoms with Crippen LogP contribution in [0.2, 0.25) is 0 Å². The molecule has 0 N–H and O–H groups in total. The van der Waals surface area contributed by atoms with Crippen molar-refractivity contribution < 1.29 is 22.7 Å². The Morgan fingerprint density at radius 1 is 1.30 bits per heavy atom. The highest BCUT2D eigenvalue weighted by Gasteiger charge is 2.37. The number of hydrogen-bond acceptors (Lipinski definition) is 5. The number of halogens is 3. The fraction of sp³-hybridized carbons (Fsp3) is 0.294. The molecule has 3 aromatic rings. The summed E-state index contributed by atoms with van der Waals surface area (Å²) >= 11 is 0. The molecule has 0 spiro atoms. The lowest BCUT2D eigenvalue weighted by Crippen LogP contribution is -2.16. The molecule has 0 saturated carbocycles. The summed E-state index contributed by atoms with van der Waals surface area (Å²) in [7, 11) is 1.56. The van der Waals surface area contributed by atoms with Crippen LogP contribution in [-0.4, -0.2) is 36.9 Å². The lowest BCUT2D eigenvalue weighted by atomic mass is 9.97. The Bertz CT molecular complexity index is 977. The van der Waals surface area contributed by atoms with Crippen LogP contribution in [0.3, 0.4) is 0 Å². The summed E-state index contributed by atoms with van der Waals surface area (Å²) < 4.78 is 48.9. The number of carbonyl (C=O) groups is 1. The van der Waals surface area contributed by atoms with E-state index in [4.69, 9.17) is 4.74 Å². The smallest absolute Gasteiger partial charge is 0.417 e. The molecule has 0 fully saturated rings. The van der Waals surface area contributed by atoms with Crippen molar-refractivity contribution in [2.45, 2.75) is 20.0 Å². The van der Waals surface area contributed by atoms with E-state index in [2.05, 4.69) is 15.2 Å². The quantitative estimate of drug-likeness (QED) is 0.637. The molecule has 1 aromatic carbocycles. The third-order valence-corrected chi connectivity index (χ3v) is 3.91. The van der Waals surface area contributed by atoms with Gasteiger partial charge in [-0.3, -0.25) is 4.79 Å². The first-order valence-corrected chi connectivity index (χ1v) is 8.01. The molecule has 142 valence electrons. The molecule has 0 unspecified atom stereocenters. The summed E-state index contributed by atoms with van der Waals surface area (Å²) in [5.74, 6) is -0.671. The van der Waals surface area contributed by atoms with Crippen LogP contribution in [0.25, 0.3) is 5.69 Å². The Kier molecular flexibility index (Phi) is 4.73. The zero-order valence-corrected chi connectivity index (χ0v) is 14.8. The third kappa shape index (κ3) is 3.42. The van der Waals surface area contributed by atoms with Gasteiger partial charge in [-0.1, -0.05) is 0 Å². The van der Waals surface area contributed by atoms with Crippen molar-refractivity contribution >= 4 is 5.78 Å². The molecule has 7 nitrogen and oxygen atoms in total. The molecular formula is C17H16F3N5O2. The Morgan fingerprint density at radius 3 is 2.63 bits per heavy atom. The lowest BCUT2D eigenvalue weighted by molar-refractivity contribution is -0.137. The van der Waals surface area contributed by atoms with Crippen LogP contribution in [0.4, 0.5) is 13.2 Å². The number of aromatic nitrogens is 5. The molecule has 2 aromatic heterocycles. The molecule has 0 atom stereocenters. The Labute approximate surface area is 152 Å². The molecule has 0 bridgehead atoms. The van der Waals surface area contributed by atoms with Crippen molar-refractivity contribution in [2.75, 3.05) is 6.61 Å². The van der Waals surface area contributed by atoms with Crippen LogP contribution in [0.15, 0.2) is 30.9 Å². The predicted octanol–water partition coefficient (Wildman–Crippen LogP) is 2.96. The third-order valence-electron chi connectivity index (χ3n) is 3.91. The largest absolute Gasteiger partial charge is 0.478 e. The lowest BCUT2D eigenvalue weighted by Gasteiger charge is -2.14. The van der Waals surface area contributed by atoms with Crippen molar-refractivity contribution in [3.8, 4) is 11.6 Å². The number of benzene rings is 1. The first kappa shape index (κ1) is 18.6. The van der Waals surface area contributed by atoms with Gasteiger partial charge in [-0.25, -0.2) is 14.3 Å². The fourth-order valence-electron chi connectivity index (χ4n) is 2.78.